The zero-order valence-electron chi connectivity index (χ0n) is 9.37. The van der Waals surface area contributed by atoms with Gasteiger partial charge in [-0.2, -0.15) is 8.42 Å². The zero-order valence-corrected chi connectivity index (χ0v) is 10.2. The van der Waals surface area contributed by atoms with E-state index in [4.69, 9.17) is 4.55 Å². The smallest absolute Gasteiger partial charge is 0.282 e. The molecule has 0 saturated carbocycles. The van der Waals surface area contributed by atoms with E-state index in [1.807, 2.05) is 36.4 Å². The van der Waals surface area contributed by atoms with Crippen molar-refractivity contribution in [1.82, 2.24) is 0 Å². The van der Waals surface area contributed by atoms with Gasteiger partial charge in [-0.15, -0.1) is 0 Å². The van der Waals surface area contributed by atoms with Crippen molar-refractivity contribution < 1.29 is 13.0 Å². The molecule has 0 saturated heterocycles. The van der Waals surface area contributed by atoms with E-state index in [0.717, 1.165) is 16.5 Å². The summed E-state index contributed by atoms with van der Waals surface area (Å²) < 4.78 is 29.9. The summed E-state index contributed by atoms with van der Waals surface area (Å²) in [7, 11) is -4.07. The molecule has 18 heavy (non-hydrogen) atoms. The topological polar surface area (TPSA) is 54.4 Å². The van der Waals surface area contributed by atoms with E-state index in [1.54, 1.807) is 0 Å². The van der Waals surface area contributed by atoms with Crippen molar-refractivity contribution in [3.63, 3.8) is 0 Å². The second kappa shape index (κ2) is 3.80. The van der Waals surface area contributed by atoms with E-state index in [-0.39, 0.29) is 0 Å². The maximum absolute atomic E-state index is 10.6. The van der Waals surface area contributed by atoms with Crippen molar-refractivity contribution in [2.45, 2.75) is 0 Å². The maximum atomic E-state index is 10.6. The molecule has 1 aliphatic rings. The molecule has 2 aromatic rings. The predicted molar refractivity (Wildman–Crippen MR) is 71.5 cm³/mol. The SMILES string of the molecule is O=S(=O)(O)C=Cc1ccc2c(c1)-c1ccccc1-2. The van der Waals surface area contributed by atoms with Gasteiger partial charge in [-0.05, 0) is 40.0 Å². The normalized spacial score (nSPS) is 12.9. The third-order valence-corrected chi connectivity index (χ3v) is 3.46. The molecule has 3 nitrogen and oxygen atoms in total. The Balaban J connectivity index is 2.00. The maximum Gasteiger partial charge on any atom is 0.287 e. The summed E-state index contributed by atoms with van der Waals surface area (Å²) in [5.74, 6) is 0. The Morgan fingerprint density at radius 2 is 1.50 bits per heavy atom. The minimum absolute atomic E-state index is 0.751. The van der Waals surface area contributed by atoms with Gasteiger partial charge in [-0.25, -0.2) is 0 Å². The molecule has 0 unspecified atom stereocenters. The molecule has 0 aromatic heterocycles. The largest absolute Gasteiger partial charge is 0.287 e. The van der Waals surface area contributed by atoms with Crippen LogP contribution in [0.5, 0.6) is 0 Å². The van der Waals surface area contributed by atoms with Crippen molar-refractivity contribution in [3.8, 4) is 22.3 Å². The van der Waals surface area contributed by atoms with E-state index >= 15 is 0 Å². The fraction of sp³-hybridized carbons (Fsp3) is 0. The Morgan fingerprint density at radius 1 is 0.889 bits per heavy atom. The number of rotatable bonds is 2. The summed E-state index contributed by atoms with van der Waals surface area (Å²) in [4.78, 5) is 0. The molecule has 0 heterocycles. The lowest BCUT2D eigenvalue weighted by atomic mass is 9.80. The molecule has 90 valence electrons. The van der Waals surface area contributed by atoms with Crippen LogP contribution in [-0.4, -0.2) is 13.0 Å². The summed E-state index contributed by atoms with van der Waals surface area (Å²) in [6.45, 7) is 0. The first kappa shape index (κ1) is 11.2. The zero-order chi connectivity index (χ0) is 12.8. The van der Waals surface area contributed by atoms with Crippen LogP contribution in [0, 0.1) is 0 Å². The molecule has 4 heteroatoms. The molecule has 1 N–H and O–H groups in total. The van der Waals surface area contributed by atoms with Gasteiger partial charge in [-0.1, -0.05) is 36.4 Å². The fourth-order valence-electron chi connectivity index (χ4n) is 2.18. The average Bonchev–Trinajstić information content (AvgIpc) is 2.32. The Bertz CT molecular complexity index is 758. The molecule has 0 aliphatic heterocycles. The molecule has 3 rings (SSSR count). The number of hydrogen-bond acceptors (Lipinski definition) is 2. The lowest BCUT2D eigenvalue weighted by molar-refractivity contribution is 0.494. The van der Waals surface area contributed by atoms with Gasteiger partial charge in [0, 0.05) is 0 Å². The first-order chi connectivity index (χ1) is 8.54. The summed E-state index contributed by atoms with van der Waals surface area (Å²) in [6.07, 6.45) is 1.39. The summed E-state index contributed by atoms with van der Waals surface area (Å²) >= 11 is 0. The summed E-state index contributed by atoms with van der Waals surface area (Å²) in [5, 5.41) is 0.791. The Kier molecular flexibility index (Phi) is 2.36. The van der Waals surface area contributed by atoms with Gasteiger partial charge in [-0.3, -0.25) is 4.55 Å². The highest BCUT2D eigenvalue weighted by Crippen LogP contribution is 2.47. The lowest BCUT2D eigenvalue weighted by Gasteiger charge is -2.23. The van der Waals surface area contributed by atoms with Crippen LogP contribution in [0.15, 0.2) is 47.9 Å². The van der Waals surface area contributed by atoms with Crippen LogP contribution < -0.4 is 0 Å². The van der Waals surface area contributed by atoms with Crippen molar-refractivity contribution in [1.29, 1.82) is 0 Å². The van der Waals surface area contributed by atoms with E-state index in [1.165, 1.54) is 22.8 Å². The fourth-order valence-corrected chi connectivity index (χ4v) is 2.51. The Morgan fingerprint density at radius 3 is 2.17 bits per heavy atom. The van der Waals surface area contributed by atoms with Crippen molar-refractivity contribution in [2.24, 2.45) is 0 Å². The second-order valence-corrected chi connectivity index (χ2v) is 5.47. The number of hydrogen-bond donors (Lipinski definition) is 1. The highest BCUT2D eigenvalue weighted by atomic mass is 32.2. The van der Waals surface area contributed by atoms with E-state index in [0.29, 0.717) is 0 Å². The van der Waals surface area contributed by atoms with Gasteiger partial charge in [0.2, 0.25) is 0 Å². The summed E-state index contributed by atoms with van der Waals surface area (Å²) in [6, 6.07) is 13.8. The van der Waals surface area contributed by atoms with Gasteiger partial charge >= 0.3 is 0 Å². The Hall–Kier alpha value is -1.91. The van der Waals surface area contributed by atoms with Crippen molar-refractivity contribution in [3.05, 3.63) is 53.4 Å². The van der Waals surface area contributed by atoms with Gasteiger partial charge in [0.25, 0.3) is 10.1 Å². The van der Waals surface area contributed by atoms with Crippen LogP contribution in [0.3, 0.4) is 0 Å². The van der Waals surface area contributed by atoms with Crippen molar-refractivity contribution in [2.75, 3.05) is 0 Å². The van der Waals surface area contributed by atoms with Crippen molar-refractivity contribution >= 4 is 16.2 Å². The van der Waals surface area contributed by atoms with Gasteiger partial charge in [0.15, 0.2) is 0 Å². The van der Waals surface area contributed by atoms with Gasteiger partial charge in [0.1, 0.15) is 0 Å². The number of benzene rings is 2. The molecule has 0 radical (unpaired) electrons. The van der Waals surface area contributed by atoms with Crippen LogP contribution in [0.2, 0.25) is 0 Å². The second-order valence-electron chi connectivity index (χ2n) is 4.17. The molecule has 2 aromatic carbocycles. The highest BCUT2D eigenvalue weighted by molar-refractivity contribution is 7.88. The first-order valence-corrected chi connectivity index (χ1v) is 6.94. The molecule has 0 atom stereocenters. The van der Waals surface area contributed by atoms with Gasteiger partial charge in [0.05, 0.1) is 5.41 Å². The van der Waals surface area contributed by atoms with Crippen LogP contribution in [0.25, 0.3) is 28.3 Å². The quantitative estimate of drug-likeness (QED) is 0.718. The standard InChI is InChI=1S/C14H10O3S/c15-18(16,17)8-7-10-5-6-13-11-3-1-2-4-12(11)14(13)9-10/h1-9H,(H,15,16,17). The van der Waals surface area contributed by atoms with Crippen LogP contribution >= 0.6 is 0 Å². The first-order valence-electron chi connectivity index (χ1n) is 5.44. The molecule has 0 spiro atoms. The van der Waals surface area contributed by atoms with Crippen LogP contribution in [0.1, 0.15) is 5.56 Å². The van der Waals surface area contributed by atoms with E-state index in [2.05, 4.69) is 6.07 Å². The van der Waals surface area contributed by atoms with Gasteiger partial charge < -0.3 is 0 Å². The van der Waals surface area contributed by atoms with Crippen LogP contribution in [0.4, 0.5) is 0 Å². The van der Waals surface area contributed by atoms with E-state index < -0.39 is 10.1 Å². The lowest BCUT2D eigenvalue weighted by Crippen LogP contribution is -1.98. The highest BCUT2D eigenvalue weighted by Gasteiger charge is 2.20. The molecule has 0 fully saturated rings. The van der Waals surface area contributed by atoms with Crippen LogP contribution in [-0.2, 0) is 10.1 Å². The minimum Gasteiger partial charge on any atom is -0.282 e. The third-order valence-electron chi connectivity index (χ3n) is 2.98. The Labute approximate surface area is 105 Å². The number of fused-ring (bicyclic) bond motifs is 4. The summed E-state index contributed by atoms with van der Waals surface area (Å²) in [5.41, 5.74) is 5.44. The molecular weight excluding hydrogens is 248 g/mol. The average molecular weight is 258 g/mol. The molecule has 0 bridgehead atoms. The molecule has 0 amide bonds. The molecular formula is C14H10O3S. The molecule has 1 aliphatic carbocycles. The monoisotopic (exact) mass is 258 g/mol. The third kappa shape index (κ3) is 1.85. The van der Waals surface area contributed by atoms with E-state index in [9.17, 15) is 8.42 Å². The predicted octanol–water partition coefficient (Wildman–Crippen LogP) is 3.19. The minimum atomic E-state index is -4.07.